The molecule has 1 heterocycles. The number of nitrogens with one attached hydrogen (secondary N) is 1. The van der Waals surface area contributed by atoms with Crippen LogP contribution in [0.25, 0.3) is 0 Å². The molecule has 3 heteroatoms. The summed E-state index contributed by atoms with van der Waals surface area (Å²) >= 11 is 0. The number of hydrogen-bond donors (Lipinski definition) is 2. The Kier molecular flexibility index (Phi) is 4.11. The average Bonchev–Trinajstić information content (AvgIpc) is 3.15. The summed E-state index contributed by atoms with van der Waals surface area (Å²) < 4.78 is 0. The van der Waals surface area contributed by atoms with Crippen LogP contribution >= 0.6 is 0 Å². The summed E-state index contributed by atoms with van der Waals surface area (Å²) in [4.78, 5) is 2.51. The lowest BCUT2D eigenvalue weighted by molar-refractivity contribution is 0.154. The van der Waals surface area contributed by atoms with Crippen molar-refractivity contribution >= 4 is 0 Å². The first-order valence-electron chi connectivity index (χ1n) is 7.86. The number of aliphatic hydroxyl groups excluding tert-OH is 1. The van der Waals surface area contributed by atoms with E-state index in [9.17, 15) is 5.11 Å². The number of benzene rings is 1. The lowest BCUT2D eigenvalue weighted by Crippen LogP contribution is -2.47. The van der Waals surface area contributed by atoms with Gasteiger partial charge < -0.3 is 10.4 Å². The fourth-order valence-electron chi connectivity index (χ4n) is 3.17. The fourth-order valence-corrected chi connectivity index (χ4v) is 3.17. The Morgan fingerprint density at radius 1 is 1.25 bits per heavy atom. The van der Waals surface area contributed by atoms with Gasteiger partial charge in [-0.1, -0.05) is 24.3 Å². The van der Waals surface area contributed by atoms with Crippen molar-refractivity contribution in [3.8, 4) is 0 Å². The molecule has 1 aliphatic heterocycles. The highest BCUT2D eigenvalue weighted by Gasteiger charge is 2.31. The monoisotopic (exact) mass is 274 g/mol. The second-order valence-electron chi connectivity index (χ2n) is 6.72. The molecule has 0 saturated heterocycles. The van der Waals surface area contributed by atoms with Crippen LogP contribution in [0, 0.1) is 0 Å². The summed E-state index contributed by atoms with van der Waals surface area (Å²) in [7, 11) is 0. The topological polar surface area (TPSA) is 35.5 Å². The number of fused-ring (bicyclic) bond motifs is 1. The van der Waals surface area contributed by atoms with Gasteiger partial charge in [-0.15, -0.1) is 0 Å². The molecule has 0 amide bonds. The molecule has 0 aromatic heterocycles. The molecule has 20 heavy (non-hydrogen) atoms. The Bertz CT molecular complexity index is 433. The van der Waals surface area contributed by atoms with Gasteiger partial charge in [0.15, 0.2) is 0 Å². The highest BCUT2D eigenvalue weighted by Crippen LogP contribution is 2.26. The fraction of sp³-hybridized carbons (Fsp3) is 0.647. The maximum absolute atomic E-state index is 9.62. The first kappa shape index (κ1) is 14.1. The molecule has 3 rings (SSSR count). The second-order valence-corrected chi connectivity index (χ2v) is 6.72. The van der Waals surface area contributed by atoms with Crippen LogP contribution in [0.5, 0.6) is 0 Å². The van der Waals surface area contributed by atoms with Crippen LogP contribution in [0.4, 0.5) is 0 Å². The molecule has 1 saturated carbocycles. The first-order chi connectivity index (χ1) is 9.68. The minimum atomic E-state index is -0.0895. The number of hydrogen-bond acceptors (Lipinski definition) is 3. The van der Waals surface area contributed by atoms with E-state index in [2.05, 4.69) is 41.4 Å². The molecule has 1 aromatic rings. The van der Waals surface area contributed by atoms with Crippen molar-refractivity contribution < 1.29 is 5.11 Å². The molecule has 110 valence electrons. The van der Waals surface area contributed by atoms with Crippen LogP contribution in [0.15, 0.2) is 24.3 Å². The zero-order valence-corrected chi connectivity index (χ0v) is 12.4. The van der Waals surface area contributed by atoms with Gasteiger partial charge in [0.2, 0.25) is 0 Å². The lowest BCUT2D eigenvalue weighted by atomic mass is 9.96. The third-order valence-electron chi connectivity index (χ3n) is 4.59. The van der Waals surface area contributed by atoms with Crippen LogP contribution in [0.3, 0.4) is 0 Å². The Morgan fingerprint density at radius 3 is 2.45 bits per heavy atom. The molecule has 1 fully saturated rings. The van der Waals surface area contributed by atoms with E-state index in [0.717, 1.165) is 32.5 Å². The largest absolute Gasteiger partial charge is 0.394 e. The standard InChI is InChI=1S/C17H26N2O/c1-17(13-20,18-16-7-8-16)9-4-10-19-11-14-5-2-3-6-15(14)12-19/h2-3,5-6,16,18,20H,4,7-13H2,1H3. The summed E-state index contributed by atoms with van der Waals surface area (Å²) in [6, 6.07) is 9.39. The number of rotatable bonds is 7. The van der Waals surface area contributed by atoms with Crippen LogP contribution in [0.1, 0.15) is 43.7 Å². The van der Waals surface area contributed by atoms with Crippen molar-refractivity contribution in [3.05, 3.63) is 35.4 Å². The molecule has 0 bridgehead atoms. The van der Waals surface area contributed by atoms with Gasteiger partial charge in [-0.2, -0.15) is 0 Å². The summed E-state index contributed by atoms with van der Waals surface area (Å²) in [5, 5.41) is 13.2. The van der Waals surface area contributed by atoms with Crippen molar-refractivity contribution in [1.29, 1.82) is 0 Å². The highest BCUT2D eigenvalue weighted by molar-refractivity contribution is 5.30. The molecular weight excluding hydrogens is 248 g/mol. The van der Waals surface area contributed by atoms with Crippen LogP contribution < -0.4 is 5.32 Å². The van der Waals surface area contributed by atoms with Gasteiger partial charge in [0.25, 0.3) is 0 Å². The van der Waals surface area contributed by atoms with E-state index < -0.39 is 0 Å². The van der Waals surface area contributed by atoms with E-state index in [0.29, 0.717) is 6.04 Å². The van der Waals surface area contributed by atoms with E-state index in [4.69, 9.17) is 0 Å². The van der Waals surface area contributed by atoms with Crippen molar-refractivity contribution in [3.63, 3.8) is 0 Å². The predicted molar refractivity (Wildman–Crippen MR) is 81.4 cm³/mol. The Morgan fingerprint density at radius 2 is 1.90 bits per heavy atom. The van der Waals surface area contributed by atoms with E-state index >= 15 is 0 Å². The van der Waals surface area contributed by atoms with Gasteiger partial charge in [-0.3, -0.25) is 4.90 Å². The van der Waals surface area contributed by atoms with Gasteiger partial charge in [0.1, 0.15) is 0 Å². The third-order valence-corrected chi connectivity index (χ3v) is 4.59. The van der Waals surface area contributed by atoms with Crippen molar-refractivity contribution in [2.45, 2.75) is 57.3 Å². The van der Waals surface area contributed by atoms with E-state index in [1.807, 2.05) is 0 Å². The normalized spacial score (nSPS) is 21.7. The number of nitrogens with zero attached hydrogens (tertiary/aromatic N) is 1. The molecule has 2 N–H and O–H groups in total. The maximum atomic E-state index is 9.62. The molecule has 2 aliphatic rings. The Balaban J connectivity index is 1.44. The Labute approximate surface area is 122 Å². The molecule has 1 unspecified atom stereocenters. The van der Waals surface area contributed by atoms with Crippen LogP contribution in [-0.2, 0) is 13.1 Å². The zero-order chi connectivity index (χ0) is 14.0. The summed E-state index contributed by atoms with van der Waals surface area (Å²) in [5.41, 5.74) is 2.87. The van der Waals surface area contributed by atoms with Gasteiger partial charge in [0.05, 0.1) is 6.61 Å². The van der Waals surface area contributed by atoms with Crippen molar-refractivity contribution in [2.75, 3.05) is 13.2 Å². The quantitative estimate of drug-likeness (QED) is 0.801. The lowest BCUT2D eigenvalue weighted by Gasteiger charge is -2.30. The first-order valence-corrected chi connectivity index (χ1v) is 7.86. The molecular formula is C17H26N2O. The van der Waals surface area contributed by atoms with Crippen LogP contribution in [-0.4, -0.2) is 34.7 Å². The molecule has 1 atom stereocenters. The zero-order valence-electron chi connectivity index (χ0n) is 12.4. The average molecular weight is 274 g/mol. The summed E-state index contributed by atoms with van der Waals surface area (Å²) in [5.74, 6) is 0. The van der Waals surface area contributed by atoms with E-state index in [1.54, 1.807) is 0 Å². The second kappa shape index (κ2) is 5.84. The van der Waals surface area contributed by atoms with E-state index in [1.165, 1.54) is 24.0 Å². The smallest absolute Gasteiger partial charge is 0.0610 e. The van der Waals surface area contributed by atoms with Gasteiger partial charge in [0, 0.05) is 24.7 Å². The highest BCUT2D eigenvalue weighted by atomic mass is 16.3. The van der Waals surface area contributed by atoms with Gasteiger partial charge in [-0.05, 0) is 50.3 Å². The minimum Gasteiger partial charge on any atom is -0.394 e. The van der Waals surface area contributed by atoms with E-state index in [-0.39, 0.29) is 12.1 Å². The molecule has 1 aromatic carbocycles. The van der Waals surface area contributed by atoms with Gasteiger partial charge in [-0.25, -0.2) is 0 Å². The third kappa shape index (κ3) is 3.40. The molecule has 3 nitrogen and oxygen atoms in total. The minimum absolute atomic E-state index is 0.0895. The summed E-state index contributed by atoms with van der Waals surface area (Å²) in [6.07, 6.45) is 4.74. The predicted octanol–water partition coefficient (Wildman–Crippen LogP) is 2.29. The maximum Gasteiger partial charge on any atom is 0.0610 e. The Hall–Kier alpha value is -0.900. The molecule has 1 aliphatic carbocycles. The van der Waals surface area contributed by atoms with Crippen molar-refractivity contribution in [1.82, 2.24) is 10.2 Å². The summed E-state index contributed by atoms with van der Waals surface area (Å²) in [6.45, 7) is 5.69. The van der Waals surface area contributed by atoms with Gasteiger partial charge >= 0.3 is 0 Å². The number of aliphatic hydroxyl groups is 1. The van der Waals surface area contributed by atoms with Crippen molar-refractivity contribution in [2.24, 2.45) is 0 Å². The van der Waals surface area contributed by atoms with Crippen LogP contribution in [0.2, 0.25) is 0 Å². The molecule has 0 spiro atoms. The SMILES string of the molecule is CC(CO)(CCCN1Cc2ccccc2C1)NC1CC1. The molecule has 0 radical (unpaired) electrons.